The Morgan fingerprint density at radius 2 is 1.62 bits per heavy atom. The van der Waals surface area contributed by atoms with Crippen LogP contribution in [0.25, 0.3) is 0 Å². The lowest BCUT2D eigenvalue weighted by atomic mass is 10.3. The molecule has 0 radical (unpaired) electrons. The van der Waals surface area contributed by atoms with E-state index < -0.39 is 21.9 Å². The number of sulfonamides is 1. The first-order valence-electron chi connectivity index (χ1n) is 9.61. The van der Waals surface area contributed by atoms with Crippen LogP contribution in [0.5, 0.6) is 0 Å². The summed E-state index contributed by atoms with van der Waals surface area (Å²) >= 11 is 5.07. The smallest absolute Gasteiger partial charge is 0.306 e. The van der Waals surface area contributed by atoms with Crippen LogP contribution in [0, 0.1) is 0 Å². The number of nitrogens with one attached hydrogen (secondary N) is 2. The predicted octanol–water partition coefficient (Wildman–Crippen LogP) is 2.65. The molecule has 0 aliphatic rings. The van der Waals surface area contributed by atoms with E-state index in [1.54, 1.807) is 19.1 Å². The third kappa shape index (κ3) is 8.46. The highest BCUT2D eigenvalue weighted by atomic mass is 32.2. The van der Waals surface area contributed by atoms with Gasteiger partial charge in [-0.3, -0.25) is 9.59 Å². The van der Waals surface area contributed by atoms with Gasteiger partial charge in [0, 0.05) is 25.2 Å². The molecule has 0 heterocycles. The third-order valence-corrected chi connectivity index (χ3v) is 5.93. The topological polar surface area (TPSA) is 105 Å². The first-order chi connectivity index (χ1) is 13.7. The van der Waals surface area contributed by atoms with Crippen LogP contribution in [0.4, 0.5) is 5.69 Å². The summed E-state index contributed by atoms with van der Waals surface area (Å²) < 4.78 is 31.7. The number of carbonyl (C=O) groups excluding carboxylic acids is 2. The van der Waals surface area contributed by atoms with Crippen molar-refractivity contribution in [2.24, 2.45) is 0 Å². The number of rotatable bonds is 11. The number of amides is 1. The van der Waals surface area contributed by atoms with E-state index in [1.807, 2.05) is 13.8 Å². The molecule has 0 saturated heterocycles. The largest absolute Gasteiger partial charge is 0.466 e. The molecule has 0 saturated carbocycles. The molecule has 1 aromatic carbocycles. The van der Waals surface area contributed by atoms with Gasteiger partial charge in [-0.15, -0.1) is 0 Å². The normalized spacial score (nSPS) is 11.2. The molecule has 1 rings (SSSR count). The van der Waals surface area contributed by atoms with Crippen molar-refractivity contribution < 1.29 is 22.7 Å². The molecule has 0 atom stereocenters. The Kier molecular flexibility index (Phi) is 10.8. The number of carbonyl (C=O) groups is 2. The summed E-state index contributed by atoms with van der Waals surface area (Å²) in [6, 6.07) is 6.17. The van der Waals surface area contributed by atoms with Gasteiger partial charge in [-0.05, 0) is 56.2 Å². The predicted molar refractivity (Wildman–Crippen MR) is 116 cm³/mol. The molecule has 0 aliphatic heterocycles. The molecule has 0 spiro atoms. The molecule has 29 heavy (non-hydrogen) atoms. The maximum atomic E-state index is 12.7. The van der Waals surface area contributed by atoms with Crippen LogP contribution in [0.2, 0.25) is 0 Å². The number of benzene rings is 1. The second-order valence-corrected chi connectivity index (χ2v) is 8.58. The first-order valence-corrected chi connectivity index (χ1v) is 11.5. The van der Waals surface area contributed by atoms with Crippen molar-refractivity contribution in [2.75, 3.05) is 25.0 Å². The van der Waals surface area contributed by atoms with E-state index in [1.165, 1.54) is 16.4 Å². The number of hydrogen-bond donors (Lipinski definition) is 2. The molecule has 1 amide bonds. The molecular weight excluding hydrogens is 414 g/mol. The molecule has 0 bridgehead atoms. The average Bonchev–Trinajstić information content (AvgIpc) is 2.67. The number of hydrogen-bond acceptors (Lipinski definition) is 6. The summed E-state index contributed by atoms with van der Waals surface area (Å²) in [6.07, 6.45) is 1.41. The number of anilines is 1. The van der Waals surface area contributed by atoms with Gasteiger partial charge in [0.15, 0.2) is 5.11 Å². The maximum absolute atomic E-state index is 12.7. The van der Waals surface area contributed by atoms with Crippen molar-refractivity contribution in [3.63, 3.8) is 0 Å². The van der Waals surface area contributed by atoms with Crippen LogP contribution >= 0.6 is 12.2 Å². The Hall–Kier alpha value is -2.04. The lowest BCUT2D eigenvalue weighted by molar-refractivity contribution is -0.144. The van der Waals surface area contributed by atoms with Crippen molar-refractivity contribution in [1.29, 1.82) is 0 Å². The summed E-state index contributed by atoms with van der Waals surface area (Å²) in [5.41, 5.74) is 0.539. The second kappa shape index (κ2) is 12.5. The van der Waals surface area contributed by atoms with Crippen LogP contribution in [0.3, 0.4) is 0 Å². The molecule has 0 unspecified atom stereocenters. The van der Waals surface area contributed by atoms with Crippen molar-refractivity contribution in [3.8, 4) is 0 Å². The van der Waals surface area contributed by atoms with Gasteiger partial charge in [0.1, 0.15) is 0 Å². The Labute approximate surface area is 178 Å². The average molecular weight is 444 g/mol. The van der Waals surface area contributed by atoms with Gasteiger partial charge >= 0.3 is 5.97 Å². The standard InChI is InChI=1S/C19H29N3O5S2/c1-4-13-22(14-5-2)29(25,26)16-9-7-15(8-10-16)20-19(28)21-17(23)11-12-18(24)27-6-3/h7-10H,4-6,11-14H2,1-3H3,(H2,20,21,23,28). The van der Waals surface area contributed by atoms with E-state index in [0.29, 0.717) is 18.8 Å². The van der Waals surface area contributed by atoms with Gasteiger partial charge in [-0.1, -0.05) is 13.8 Å². The van der Waals surface area contributed by atoms with E-state index in [0.717, 1.165) is 12.8 Å². The summed E-state index contributed by atoms with van der Waals surface area (Å²) in [6.45, 7) is 6.77. The molecule has 2 N–H and O–H groups in total. The van der Waals surface area contributed by atoms with Gasteiger partial charge in [0.05, 0.1) is 17.9 Å². The van der Waals surface area contributed by atoms with Crippen LogP contribution in [0.15, 0.2) is 29.2 Å². The number of nitrogens with zero attached hydrogens (tertiary/aromatic N) is 1. The van der Waals surface area contributed by atoms with Gasteiger partial charge in [-0.2, -0.15) is 4.31 Å². The maximum Gasteiger partial charge on any atom is 0.306 e. The summed E-state index contributed by atoms with van der Waals surface area (Å²) in [7, 11) is -3.55. The van der Waals surface area contributed by atoms with Gasteiger partial charge < -0.3 is 15.4 Å². The van der Waals surface area contributed by atoms with Crippen LogP contribution < -0.4 is 10.6 Å². The minimum Gasteiger partial charge on any atom is -0.466 e. The van der Waals surface area contributed by atoms with E-state index in [4.69, 9.17) is 17.0 Å². The van der Waals surface area contributed by atoms with E-state index in [2.05, 4.69) is 10.6 Å². The first kappa shape index (κ1) is 25.0. The highest BCUT2D eigenvalue weighted by molar-refractivity contribution is 7.89. The van der Waals surface area contributed by atoms with Gasteiger partial charge in [-0.25, -0.2) is 8.42 Å². The lowest BCUT2D eigenvalue weighted by Crippen LogP contribution is -2.34. The quantitative estimate of drug-likeness (QED) is 0.400. The summed E-state index contributed by atoms with van der Waals surface area (Å²) in [5.74, 6) is -0.858. The highest BCUT2D eigenvalue weighted by Crippen LogP contribution is 2.19. The zero-order valence-electron chi connectivity index (χ0n) is 17.1. The fourth-order valence-electron chi connectivity index (χ4n) is 2.51. The molecular formula is C19H29N3O5S2. The summed E-state index contributed by atoms with van der Waals surface area (Å²) in [5, 5.41) is 5.35. The van der Waals surface area contributed by atoms with E-state index in [9.17, 15) is 18.0 Å². The molecule has 1 aromatic rings. The van der Waals surface area contributed by atoms with Crippen molar-refractivity contribution in [3.05, 3.63) is 24.3 Å². The monoisotopic (exact) mass is 443 g/mol. The molecule has 0 fully saturated rings. The van der Waals surface area contributed by atoms with Crippen molar-refractivity contribution >= 4 is 44.9 Å². The lowest BCUT2D eigenvalue weighted by Gasteiger charge is -2.21. The zero-order chi connectivity index (χ0) is 21.9. The van der Waals surface area contributed by atoms with Crippen LogP contribution in [-0.2, 0) is 24.3 Å². The van der Waals surface area contributed by atoms with Crippen molar-refractivity contribution in [2.45, 2.75) is 51.3 Å². The molecule has 10 heteroatoms. The van der Waals surface area contributed by atoms with Gasteiger partial charge in [0.25, 0.3) is 0 Å². The van der Waals surface area contributed by atoms with E-state index in [-0.39, 0.29) is 29.5 Å². The minimum absolute atomic E-state index is 0.0269. The minimum atomic E-state index is -3.55. The Morgan fingerprint density at radius 3 is 2.14 bits per heavy atom. The number of esters is 1. The molecule has 0 aromatic heterocycles. The second-order valence-electron chi connectivity index (χ2n) is 6.24. The van der Waals surface area contributed by atoms with Crippen molar-refractivity contribution in [1.82, 2.24) is 9.62 Å². The zero-order valence-corrected chi connectivity index (χ0v) is 18.7. The fourth-order valence-corrected chi connectivity index (χ4v) is 4.37. The molecule has 0 aliphatic carbocycles. The number of thiocarbonyl (C=S) groups is 1. The van der Waals surface area contributed by atoms with E-state index >= 15 is 0 Å². The number of ether oxygens (including phenoxy) is 1. The third-order valence-electron chi connectivity index (χ3n) is 3.81. The highest BCUT2D eigenvalue weighted by Gasteiger charge is 2.22. The van der Waals surface area contributed by atoms with Gasteiger partial charge in [0.2, 0.25) is 15.9 Å². The Bertz CT molecular complexity index is 789. The fraction of sp³-hybridized carbons (Fsp3) is 0.526. The Morgan fingerprint density at radius 1 is 1.03 bits per heavy atom. The Balaban J connectivity index is 2.66. The molecule has 8 nitrogen and oxygen atoms in total. The molecule has 162 valence electrons. The van der Waals surface area contributed by atoms with Crippen LogP contribution in [0.1, 0.15) is 46.5 Å². The van der Waals surface area contributed by atoms with Crippen LogP contribution in [-0.4, -0.2) is 49.4 Å². The summed E-state index contributed by atoms with van der Waals surface area (Å²) in [4.78, 5) is 23.3. The SMILES string of the molecule is CCCN(CCC)S(=O)(=O)c1ccc(NC(=S)NC(=O)CCC(=O)OCC)cc1.